The van der Waals surface area contributed by atoms with Gasteiger partial charge in [0.05, 0.1) is 27.9 Å². The van der Waals surface area contributed by atoms with Gasteiger partial charge >= 0.3 is 0 Å². The van der Waals surface area contributed by atoms with Gasteiger partial charge < -0.3 is 11.1 Å². The van der Waals surface area contributed by atoms with E-state index >= 15 is 0 Å². The summed E-state index contributed by atoms with van der Waals surface area (Å²) >= 11 is 0. The summed E-state index contributed by atoms with van der Waals surface area (Å²) in [4.78, 5) is 22.6. The summed E-state index contributed by atoms with van der Waals surface area (Å²) < 4.78 is 1.49. The number of amides is 1. The predicted molar refractivity (Wildman–Crippen MR) is 97.2 cm³/mol. The second-order valence-corrected chi connectivity index (χ2v) is 6.18. The third-order valence-electron chi connectivity index (χ3n) is 4.27. The average molecular weight is 368 g/mol. The number of nitro groups is 1. The first kappa shape index (κ1) is 20.6. The molecular weight excluding hydrogens is 346 g/mol. The van der Waals surface area contributed by atoms with Gasteiger partial charge in [0, 0.05) is 24.9 Å². The van der Waals surface area contributed by atoms with Crippen LogP contribution in [0.4, 0.5) is 5.69 Å². The predicted octanol–water partition coefficient (Wildman–Crippen LogP) is 2.31. The molecule has 2 aromatic rings. The van der Waals surface area contributed by atoms with Gasteiger partial charge in [-0.25, -0.2) is 4.68 Å². The molecule has 8 nitrogen and oxygen atoms in total. The minimum absolute atomic E-state index is 0. The molecule has 1 amide bonds. The molecule has 1 unspecified atom stereocenters. The summed E-state index contributed by atoms with van der Waals surface area (Å²) in [6.45, 7) is 6.21. The molecule has 0 aliphatic rings. The minimum atomic E-state index is -0.507. The topological polar surface area (TPSA) is 116 Å². The number of carbonyl (C=O) groups excluding carboxylic acids is 1. The highest BCUT2D eigenvalue weighted by Crippen LogP contribution is 2.17. The number of rotatable bonds is 6. The zero-order valence-corrected chi connectivity index (χ0v) is 15.1. The van der Waals surface area contributed by atoms with E-state index in [1.807, 2.05) is 20.8 Å². The molecule has 2 rings (SSSR count). The van der Waals surface area contributed by atoms with Gasteiger partial charge in [0.15, 0.2) is 0 Å². The Kier molecular flexibility index (Phi) is 6.66. The van der Waals surface area contributed by atoms with Gasteiger partial charge in [0.2, 0.25) is 0 Å². The Morgan fingerprint density at radius 2 is 2.00 bits per heavy atom. The van der Waals surface area contributed by atoms with Crippen LogP contribution in [0.25, 0.3) is 5.69 Å². The standard InChI is InChI=1S/C16H21N5O3.ClH/c1-11(2)16(3,10-17)19-15(22)12-8-18-20(9-12)13-4-6-14(7-5-13)21(23)24;/h4-9,11H,10,17H2,1-3H3,(H,19,22);1H. The Bertz CT molecular complexity index is 744. The molecule has 0 aliphatic heterocycles. The number of halogens is 1. The van der Waals surface area contributed by atoms with Crippen molar-refractivity contribution in [3.05, 3.63) is 52.3 Å². The Balaban J connectivity index is 0.00000312. The van der Waals surface area contributed by atoms with E-state index in [2.05, 4.69) is 10.4 Å². The fraction of sp³-hybridized carbons (Fsp3) is 0.375. The van der Waals surface area contributed by atoms with E-state index in [-0.39, 0.29) is 29.9 Å². The molecule has 0 aliphatic carbocycles. The number of nitrogens with two attached hydrogens (primary N) is 1. The Labute approximate surface area is 152 Å². The van der Waals surface area contributed by atoms with Crippen LogP contribution in [-0.2, 0) is 0 Å². The van der Waals surface area contributed by atoms with E-state index in [0.717, 1.165) is 0 Å². The third kappa shape index (κ3) is 4.55. The van der Waals surface area contributed by atoms with Crippen LogP contribution >= 0.6 is 12.4 Å². The Morgan fingerprint density at radius 3 is 2.48 bits per heavy atom. The summed E-state index contributed by atoms with van der Waals surface area (Å²) in [6, 6.07) is 5.93. The smallest absolute Gasteiger partial charge is 0.269 e. The van der Waals surface area contributed by atoms with Crippen molar-refractivity contribution in [3.63, 3.8) is 0 Å². The van der Waals surface area contributed by atoms with Crippen LogP contribution < -0.4 is 11.1 Å². The number of aromatic nitrogens is 2. The molecule has 9 heteroatoms. The highest BCUT2D eigenvalue weighted by molar-refractivity contribution is 5.94. The van der Waals surface area contributed by atoms with Crippen LogP contribution in [0.3, 0.4) is 0 Å². The number of non-ortho nitro benzene ring substituents is 1. The monoisotopic (exact) mass is 367 g/mol. The molecule has 0 bridgehead atoms. The van der Waals surface area contributed by atoms with E-state index in [9.17, 15) is 14.9 Å². The first-order valence-corrected chi connectivity index (χ1v) is 7.59. The zero-order valence-electron chi connectivity index (χ0n) is 14.3. The second-order valence-electron chi connectivity index (χ2n) is 6.18. The molecule has 1 aromatic carbocycles. The lowest BCUT2D eigenvalue weighted by molar-refractivity contribution is -0.384. The van der Waals surface area contributed by atoms with Crippen LogP contribution in [0.2, 0.25) is 0 Å². The molecule has 136 valence electrons. The molecule has 1 heterocycles. The number of nitro benzene ring substituents is 1. The van der Waals surface area contributed by atoms with Crippen LogP contribution in [-0.4, -0.2) is 32.7 Å². The van der Waals surface area contributed by atoms with Gasteiger partial charge in [-0.2, -0.15) is 5.10 Å². The summed E-state index contributed by atoms with van der Waals surface area (Å²) in [5.41, 5.74) is 6.30. The third-order valence-corrected chi connectivity index (χ3v) is 4.27. The normalized spacial score (nSPS) is 13.0. The van der Waals surface area contributed by atoms with Gasteiger partial charge in [-0.1, -0.05) is 13.8 Å². The first-order chi connectivity index (χ1) is 11.3. The van der Waals surface area contributed by atoms with Crippen LogP contribution in [0.15, 0.2) is 36.7 Å². The van der Waals surface area contributed by atoms with Crippen molar-refractivity contribution in [3.8, 4) is 5.69 Å². The van der Waals surface area contributed by atoms with Crippen molar-refractivity contribution in [2.24, 2.45) is 11.7 Å². The van der Waals surface area contributed by atoms with Crippen molar-refractivity contribution in [1.82, 2.24) is 15.1 Å². The molecular formula is C16H22ClN5O3. The molecule has 1 aromatic heterocycles. The average Bonchev–Trinajstić information content (AvgIpc) is 3.04. The van der Waals surface area contributed by atoms with Crippen molar-refractivity contribution in [2.75, 3.05) is 6.54 Å². The second kappa shape index (κ2) is 8.09. The van der Waals surface area contributed by atoms with Crippen LogP contribution in [0, 0.1) is 16.0 Å². The van der Waals surface area contributed by atoms with Gasteiger partial charge in [-0.3, -0.25) is 14.9 Å². The molecule has 25 heavy (non-hydrogen) atoms. The van der Waals surface area contributed by atoms with E-state index < -0.39 is 10.5 Å². The lowest BCUT2D eigenvalue weighted by Gasteiger charge is -2.33. The molecule has 0 saturated carbocycles. The molecule has 1 atom stereocenters. The zero-order chi connectivity index (χ0) is 17.9. The molecule has 0 saturated heterocycles. The lowest BCUT2D eigenvalue weighted by atomic mass is 9.88. The maximum atomic E-state index is 12.4. The molecule has 0 fully saturated rings. The summed E-state index contributed by atoms with van der Waals surface area (Å²) in [7, 11) is 0. The summed E-state index contributed by atoms with van der Waals surface area (Å²) in [6.07, 6.45) is 3.03. The van der Waals surface area contributed by atoms with Crippen molar-refractivity contribution in [1.29, 1.82) is 0 Å². The van der Waals surface area contributed by atoms with Crippen molar-refractivity contribution in [2.45, 2.75) is 26.3 Å². The van der Waals surface area contributed by atoms with E-state index in [1.54, 1.807) is 18.3 Å². The minimum Gasteiger partial charge on any atom is -0.345 e. The van der Waals surface area contributed by atoms with Gasteiger partial charge in [0.25, 0.3) is 11.6 Å². The largest absolute Gasteiger partial charge is 0.345 e. The number of carbonyl (C=O) groups is 1. The molecule has 3 N–H and O–H groups in total. The summed E-state index contributed by atoms with van der Waals surface area (Å²) in [5, 5.41) is 17.8. The number of hydrogen-bond acceptors (Lipinski definition) is 5. The van der Waals surface area contributed by atoms with Gasteiger partial charge in [-0.15, -0.1) is 12.4 Å². The van der Waals surface area contributed by atoms with E-state index in [1.165, 1.54) is 23.0 Å². The molecule has 0 spiro atoms. The van der Waals surface area contributed by atoms with E-state index in [4.69, 9.17) is 5.73 Å². The summed E-state index contributed by atoms with van der Waals surface area (Å²) in [5.74, 6) is -0.0824. The lowest BCUT2D eigenvalue weighted by Crippen LogP contribution is -2.54. The SMILES string of the molecule is CC(C)C(C)(CN)NC(=O)c1cnn(-c2ccc([N+](=O)[O-])cc2)c1.Cl. The fourth-order valence-corrected chi connectivity index (χ4v) is 2.07. The fourth-order valence-electron chi connectivity index (χ4n) is 2.07. The number of nitrogens with one attached hydrogen (secondary N) is 1. The van der Waals surface area contributed by atoms with Crippen LogP contribution in [0.5, 0.6) is 0 Å². The highest BCUT2D eigenvalue weighted by atomic mass is 35.5. The van der Waals surface area contributed by atoms with Gasteiger partial charge in [-0.05, 0) is 25.0 Å². The highest BCUT2D eigenvalue weighted by Gasteiger charge is 2.29. The Hall–Kier alpha value is -2.45. The van der Waals surface area contributed by atoms with Gasteiger partial charge in [0.1, 0.15) is 0 Å². The van der Waals surface area contributed by atoms with E-state index in [0.29, 0.717) is 17.8 Å². The quantitative estimate of drug-likeness (QED) is 0.600. The first-order valence-electron chi connectivity index (χ1n) is 7.59. The number of hydrogen-bond donors (Lipinski definition) is 2. The maximum Gasteiger partial charge on any atom is 0.269 e. The maximum absolute atomic E-state index is 12.4. The van der Waals surface area contributed by atoms with Crippen molar-refractivity contribution >= 4 is 24.0 Å². The van der Waals surface area contributed by atoms with Crippen LogP contribution in [0.1, 0.15) is 31.1 Å². The Morgan fingerprint density at radius 1 is 1.40 bits per heavy atom. The number of nitrogens with zero attached hydrogens (tertiary/aromatic N) is 3. The van der Waals surface area contributed by atoms with Crippen molar-refractivity contribution < 1.29 is 9.72 Å². The molecule has 0 radical (unpaired) electrons. The number of benzene rings is 1.